The van der Waals surface area contributed by atoms with Gasteiger partial charge in [-0.1, -0.05) is 0 Å². The summed E-state index contributed by atoms with van der Waals surface area (Å²) in [5, 5.41) is 5.52. The van der Waals surface area contributed by atoms with E-state index in [-0.39, 0.29) is 17.8 Å². The molecule has 0 spiro atoms. The molecule has 7 heteroatoms. The van der Waals surface area contributed by atoms with E-state index in [1.807, 2.05) is 0 Å². The highest BCUT2D eigenvalue weighted by molar-refractivity contribution is 5.99. The molecule has 0 radical (unpaired) electrons. The largest absolute Gasteiger partial charge is 0.497 e. The van der Waals surface area contributed by atoms with Gasteiger partial charge in [-0.15, -0.1) is 0 Å². The number of amides is 3. The van der Waals surface area contributed by atoms with Gasteiger partial charge in [0.2, 0.25) is 5.91 Å². The van der Waals surface area contributed by atoms with Crippen molar-refractivity contribution < 1.29 is 18.7 Å². The van der Waals surface area contributed by atoms with E-state index < -0.39 is 6.04 Å². The Bertz CT molecular complexity index is 778. The van der Waals surface area contributed by atoms with Gasteiger partial charge >= 0.3 is 6.03 Å². The predicted molar refractivity (Wildman–Crippen MR) is 96.8 cm³/mol. The van der Waals surface area contributed by atoms with Crippen LogP contribution in [0.2, 0.25) is 0 Å². The standard InChI is InChI=1S/C19H20FN3O3/c1-26-16-10-8-15(9-11-16)22-19(25)23-12-2-3-17(23)18(24)21-14-6-4-13(20)5-7-14/h4-11,17H,2-3,12H2,1H3,(H,21,24)(H,22,25)/t17-/m1/s1. The maximum atomic E-state index is 13.0. The number of carbonyl (C=O) groups excluding carboxylic acids is 2. The molecule has 1 atom stereocenters. The van der Waals surface area contributed by atoms with Crippen LogP contribution >= 0.6 is 0 Å². The molecule has 2 aromatic rings. The van der Waals surface area contributed by atoms with Crippen molar-refractivity contribution in [3.8, 4) is 5.75 Å². The van der Waals surface area contributed by atoms with E-state index in [0.29, 0.717) is 30.1 Å². The number of benzene rings is 2. The summed E-state index contributed by atoms with van der Waals surface area (Å²) in [6.45, 7) is 0.503. The van der Waals surface area contributed by atoms with Crippen molar-refractivity contribution in [3.63, 3.8) is 0 Å². The van der Waals surface area contributed by atoms with Crippen LogP contribution in [-0.2, 0) is 4.79 Å². The normalized spacial score (nSPS) is 16.2. The fraction of sp³-hybridized carbons (Fsp3) is 0.263. The molecule has 0 bridgehead atoms. The van der Waals surface area contributed by atoms with Crippen molar-refractivity contribution >= 4 is 23.3 Å². The van der Waals surface area contributed by atoms with E-state index in [1.165, 1.54) is 29.2 Å². The smallest absolute Gasteiger partial charge is 0.322 e. The lowest BCUT2D eigenvalue weighted by atomic mass is 10.2. The Hall–Kier alpha value is -3.09. The third-order valence-corrected chi connectivity index (χ3v) is 4.27. The number of urea groups is 1. The van der Waals surface area contributed by atoms with Crippen LogP contribution in [0.25, 0.3) is 0 Å². The minimum Gasteiger partial charge on any atom is -0.497 e. The van der Waals surface area contributed by atoms with E-state index >= 15 is 0 Å². The number of rotatable bonds is 4. The molecule has 1 heterocycles. The Balaban J connectivity index is 1.63. The summed E-state index contributed by atoms with van der Waals surface area (Å²) >= 11 is 0. The van der Waals surface area contributed by atoms with E-state index in [9.17, 15) is 14.0 Å². The average Bonchev–Trinajstić information content (AvgIpc) is 3.14. The quantitative estimate of drug-likeness (QED) is 0.880. The third kappa shape index (κ3) is 4.11. The first-order valence-corrected chi connectivity index (χ1v) is 8.35. The molecule has 1 aliphatic heterocycles. The molecule has 136 valence electrons. The fourth-order valence-electron chi connectivity index (χ4n) is 2.91. The summed E-state index contributed by atoms with van der Waals surface area (Å²) < 4.78 is 18.1. The van der Waals surface area contributed by atoms with E-state index in [0.717, 1.165) is 6.42 Å². The highest BCUT2D eigenvalue weighted by Crippen LogP contribution is 2.22. The van der Waals surface area contributed by atoms with Crippen LogP contribution < -0.4 is 15.4 Å². The number of hydrogen-bond donors (Lipinski definition) is 2. The predicted octanol–water partition coefficient (Wildman–Crippen LogP) is 3.47. The van der Waals surface area contributed by atoms with Crippen LogP contribution in [0.15, 0.2) is 48.5 Å². The summed E-state index contributed by atoms with van der Waals surface area (Å²) in [7, 11) is 1.57. The molecule has 6 nitrogen and oxygen atoms in total. The molecule has 0 aliphatic carbocycles. The molecule has 0 unspecified atom stereocenters. The molecular formula is C19H20FN3O3. The molecule has 26 heavy (non-hydrogen) atoms. The lowest BCUT2D eigenvalue weighted by Crippen LogP contribution is -2.45. The zero-order valence-corrected chi connectivity index (χ0v) is 14.4. The molecule has 3 amide bonds. The summed E-state index contributed by atoms with van der Waals surface area (Å²) in [5.41, 5.74) is 1.12. The fourth-order valence-corrected chi connectivity index (χ4v) is 2.91. The van der Waals surface area contributed by atoms with Crippen LogP contribution in [0.4, 0.5) is 20.6 Å². The minimum absolute atomic E-state index is 0.279. The van der Waals surface area contributed by atoms with Crippen molar-refractivity contribution in [1.82, 2.24) is 4.90 Å². The average molecular weight is 357 g/mol. The molecular weight excluding hydrogens is 337 g/mol. The van der Waals surface area contributed by atoms with Crippen LogP contribution in [0.1, 0.15) is 12.8 Å². The number of carbonyl (C=O) groups is 2. The molecule has 2 aromatic carbocycles. The Morgan fingerprint density at radius 3 is 2.31 bits per heavy atom. The molecule has 3 rings (SSSR count). The molecule has 0 saturated carbocycles. The van der Waals surface area contributed by atoms with Gasteiger partial charge in [-0.2, -0.15) is 0 Å². The first kappa shape index (κ1) is 17.7. The monoisotopic (exact) mass is 357 g/mol. The van der Waals surface area contributed by atoms with Gasteiger partial charge in [0.05, 0.1) is 7.11 Å². The summed E-state index contributed by atoms with van der Waals surface area (Å²) in [4.78, 5) is 26.6. The van der Waals surface area contributed by atoms with Gasteiger partial charge in [-0.3, -0.25) is 4.79 Å². The maximum Gasteiger partial charge on any atom is 0.322 e. The highest BCUT2D eigenvalue weighted by Gasteiger charge is 2.34. The Morgan fingerprint density at radius 1 is 1.04 bits per heavy atom. The van der Waals surface area contributed by atoms with Crippen LogP contribution in [0.3, 0.4) is 0 Å². The molecule has 0 aromatic heterocycles. The number of ether oxygens (including phenoxy) is 1. The lowest BCUT2D eigenvalue weighted by molar-refractivity contribution is -0.119. The molecule has 1 fully saturated rings. The second-order valence-electron chi connectivity index (χ2n) is 6.01. The summed E-state index contributed by atoms with van der Waals surface area (Å²) in [5.74, 6) is 0.0454. The zero-order valence-electron chi connectivity index (χ0n) is 14.4. The van der Waals surface area contributed by atoms with E-state index in [4.69, 9.17) is 4.74 Å². The van der Waals surface area contributed by atoms with Gasteiger partial charge in [0.25, 0.3) is 0 Å². The summed E-state index contributed by atoms with van der Waals surface area (Å²) in [6, 6.07) is 11.6. The number of halogens is 1. The van der Waals surface area contributed by atoms with Gasteiger partial charge in [0.15, 0.2) is 0 Å². The molecule has 1 saturated heterocycles. The second-order valence-corrected chi connectivity index (χ2v) is 6.01. The van der Waals surface area contributed by atoms with Crippen LogP contribution in [0, 0.1) is 5.82 Å². The zero-order chi connectivity index (χ0) is 18.5. The van der Waals surface area contributed by atoms with Crippen LogP contribution in [-0.4, -0.2) is 36.5 Å². The number of likely N-dealkylation sites (tertiary alicyclic amines) is 1. The van der Waals surface area contributed by atoms with Gasteiger partial charge in [-0.05, 0) is 61.4 Å². The lowest BCUT2D eigenvalue weighted by Gasteiger charge is -2.24. The van der Waals surface area contributed by atoms with E-state index in [2.05, 4.69) is 10.6 Å². The maximum absolute atomic E-state index is 13.0. The third-order valence-electron chi connectivity index (χ3n) is 4.27. The highest BCUT2D eigenvalue weighted by atomic mass is 19.1. The van der Waals surface area contributed by atoms with Gasteiger partial charge in [-0.25, -0.2) is 9.18 Å². The van der Waals surface area contributed by atoms with Crippen LogP contribution in [0.5, 0.6) is 5.75 Å². The second kappa shape index (κ2) is 7.86. The van der Waals surface area contributed by atoms with Crippen molar-refractivity contribution in [3.05, 3.63) is 54.3 Å². The molecule has 1 aliphatic rings. The first-order valence-electron chi connectivity index (χ1n) is 8.35. The number of anilines is 2. The number of hydrogen-bond acceptors (Lipinski definition) is 3. The van der Waals surface area contributed by atoms with Gasteiger partial charge < -0.3 is 20.3 Å². The minimum atomic E-state index is -0.557. The Morgan fingerprint density at radius 2 is 1.65 bits per heavy atom. The summed E-state index contributed by atoms with van der Waals surface area (Å²) in [6.07, 6.45) is 1.33. The first-order chi connectivity index (χ1) is 12.6. The number of nitrogens with zero attached hydrogens (tertiary/aromatic N) is 1. The van der Waals surface area contributed by atoms with Crippen molar-refractivity contribution in [1.29, 1.82) is 0 Å². The van der Waals surface area contributed by atoms with E-state index in [1.54, 1.807) is 31.4 Å². The van der Waals surface area contributed by atoms with Crippen molar-refractivity contribution in [2.75, 3.05) is 24.3 Å². The van der Waals surface area contributed by atoms with Gasteiger partial charge in [0.1, 0.15) is 17.6 Å². The van der Waals surface area contributed by atoms with Gasteiger partial charge in [0, 0.05) is 17.9 Å². The SMILES string of the molecule is COc1ccc(NC(=O)N2CCC[C@@H]2C(=O)Nc2ccc(F)cc2)cc1. The Kier molecular flexibility index (Phi) is 5.36. The molecule has 2 N–H and O–H groups in total. The Labute approximate surface area is 150 Å². The topological polar surface area (TPSA) is 70.7 Å². The van der Waals surface area contributed by atoms with Crippen molar-refractivity contribution in [2.24, 2.45) is 0 Å². The van der Waals surface area contributed by atoms with Crippen molar-refractivity contribution in [2.45, 2.75) is 18.9 Å². The number of methoxy groups -OCH3 is 1. The number of nitrogens with one attached hydrogen (secondary N) is 2.